The van der Waals surface area contributed by atoms with Crippen molar-refractivity contribution in [2.75, 3.05) is 53.6 Å². The Kier molecular flexibility index (Phi) is 9.92. The van der Waals surface area contributed by atoms with Crippen LogP contribution >= 0.6 is 0 Å². The van der Waals surface area contributed by atoms with Gasteiger partial charge >= 0.3 is 0 Å². The van der Waals surface area contributed by atoms with E-state index in [-0.39, 0.29) is 13.0 Å². The summed E-state index contributed by atoms with van der Waals surface area (Å²) in [6, 6.07) is 0. The number of likely N-dealkylation sites (tertiary alicyclic amines) is 1. The molecule has 18 heavy (non-hydrogen) atoms. The maximum absolute atomic E-state index is 9.87. The Balaban J connectivity index is 0.000000351. The van der Waals surface area contributed by atoms with Crippen LogP contribution in [0, 0.1) is 0 Å². The van der Waals surface area contributed by atoms with Crippen molar-refractivity contribution in [1.29, 1.82) is 0 Å². The Hall–Kier alpha value is -0.650. The fraction of sp³-hybridized carbons (Fsp3) is 0.923. The first-order valence-electron chi connectivity index (χ1n) is 6.65. The molecule has 108 valence electrons. The first kappa shape index (κ1) is 17.4. The molecule has 1 fully saturated rings. The zero-order valence-corrected chi connectivity index (χ0v) is 11.9. The zero-order valence-electron chi connectivity index (χ0n) is 11.9. The Labute approximate surface area is 110 Å². The summed E-state index contributed by atoms with van der Waals surface area (Å²) in [7, 11) is 4.60. The third-order valence-electron chi connectivity index (χ3n) is 2.80. The highest BCUT2D eigenvalue weighted by molar-refractivity contribution is 5.64. The smallest absolute Gasteiger partial charge is 0.0784 e. The molecule has 1 aliphatic rings. The van der Waals surface area contributed by atoms with Gasteiger partial charge in [0.2, 0.25) is 0 Å². The SMILES string of the molecule is CCOCCOCCC(=O)[O-].C[N+]1(C)CCCC1. The molecule has 0 bridgehead atoms. The first-order valence-corrected chi connectivity index (χ1v) is 6.65. The standard InChI is InChI=1S/C7H14O4.C6H14N/c1-2-10-5-6-11-4-3-7(8)9;1-7(2)5-3-4-6-7/h2-6H2,1H3,(H,8,9);3-6H2,1-2H3/q;+1/p-1. The van der Waals surface area contributed by atoms with E-state index in [4.69, 9.17) is 9.47 Å². The number of carboxylic acids is 1. The van der Waals surface area contributed by atoms with E-state index in [1.54, 1.807) is 0 Å². The summed E-state index contributed by atoms with van der Waals surface area (Å²) in [6.45, 7) is 6.49. The summed E-state index contributed by atoms with van der Waals surface area (Å²) >= 11 is 0. The Bertz CT molecular complexity index is 211. The summed E-state index contributed by atoms with van der Waals surface area (Å²) < 4.78 is 11.1. The quantitative estimate of drug-likeness (QED) is 0.479. The molecule has 0 N–H and O–H groups in total. The van der Waals surface area contributed by atoms with Crippen LogP contribution in [0.25, 0.3) is 0 Å². The van der Waals surface area contributed by atoms with Crippen LogP contribution < -0.4 is 5.11 Å². The van der Waals surface area contributed by atoms with Gasteiger partial charge in [-0.2, -0.15) is 0 Å². The maximum atomic E-state index is 9.87. The van der Waals surface area contributed by atoms with Gasteiger partial charge in [-0.05, 0) is 6.92 Å². The van der Waals surface area contributed by atoms with Crippen molar-refractivity contribution in [3.63, 3.8) is 0 Å². The van der Waals surface area contributed by atoms with Crippen LogP contribution in [0.5, 0.6) is 0 Å². The molecule has 1 rings (SSSR count). The lowest BCUT2D eigenvalue weighted by Gasteiger charge is -2.21. The summed E-state index contributed by atoms with van der Waals surface area (Å²) in [5, 5.41) is 9.87. The van der Waals surface area contributed by atoms with E-state index in [0.717, 1.165) is 0 Å². The van der Waals surface area contributed by atoms with Gasteiger partial charge in [-0.15, -0.1) is 0 Å². The number of ether oxygens (including phenoxy) is 2. The molecule has 1 aliphatic heterocycles. The van der Waals surface area contributed by atoms with Crippen LogP contribution in [0.2, 0.25) is 0 Å². The van der Waals surface area contributed by atoms with Gasteiger partial charge in [0, 0.05) is 31.8 Å². The Morgan fingerprint density at radius 3 is 2.06 bits per heavy atom. The third kappa shape index (κ3) is 11.8. The molecule has 1 heterocycles. The van der Waals surface area contributed by atoms with Crippen LogP contribution in [0.4, 0.5) is 0 Å². The van der Waals surface area contributed by atoms with E-state index < -0.39 is 5.97 Å². The molecule has 0 aliphatic carbocycles. The van der Waals surface area contributed by atoms with Crippen molar-refractivity contribution in [2.24, 2.45) is 0 Å². The molecule has 0 saturated carbocycles. The number of carbonyl (C=O) groups excluding carboxylic acids is 1. The van der Waals surface area contributed by atoms with E-state index in [1.807, 2.05) is 6.92 Å². The van der Waals surface area contributed by atoms with Crippen LogP contribution in [0.3, 0.4) is 0 Å². The van der Waals surface area contributed by atoms with Gasteiger partial charge in [-0.3, -0.25) is 0 Å². The highest BCUT2D eigenvalue weighted by Gasteiger charge is 2.19. The highest BCUT2D eigenvalue weighted by atomic mass is 16.5. The van der Waals surface area contributed by atoms with Crippen LogP contribution in [-0.4, -0.2) is 64.1 Å². The average molecular weight is 261 g/mol. The topological polar surface area (TPSA) is 58.6 Å². The lowest BCUT2D eigenvalue weighted by molar-refractivity contribution is -0.877. The normalized spacial score (nSPS) is 17.1. The molecule has 1 saturated heterocycles. The van der Waals surface area contributed by atoms with E-state index in [1.165, 1.54) is 30.4 Å². The second-order valence-corrected chi connectivity index (χ2v) is 5.02. The Morgan fingerprint density at radius 1 is 1.11 bits per heavy atom. The molecule has 0 atom stereocenters. The fourth-order valence-corrected chi connectivity index (χ4v) is 1.71. The van der Waals surface area contributed by atoms with E-state index in [0.29, 0.717) is 19.8 Å². The number of nitrogens with zero attached hydrogens (tertiary/aromatic N) is 1. The van der Waals surface area contributed by atoms with Crippen LogP contribution in [0.15, 0.2) is 0 Å². The number of aliphatic carboxylic acids is 1. The molecular weight excluding hydrogens is 234 g/mol. The lowest BCUT2D eigenvalue weighted by atomic mass is 10.4. The van der Waals surface area contributed by atoms with Gasteiger partial charge < -0.3 is 23.9 Å². The average Bonchev–Trinajstić information content (AvgIpc) is 2.69. The fourth-order valence-electron chi connectivity index (χ4n) is 1.71. The van der Waals surface area contributed by atoms with Gasteiger partial charge in [0.15, 0.2) is 0 Å². The lowest BCUT2D eigenvalue weighted by Crippen LogP contribution is -2.35. The summed E-state index contributed by atoms with van der Waals surface area (Å²) in [4.78, 5) is 9.87. The minimum Gasteiger partial charge on any atom is -0.550 e. The van der Waals surface area contributed by atoms with Crippen molar-refractivity contribution < 1.29 is 23.9 Å². The number of carbonyl (C=O) groups is 1. The monoisotopic (exact) mass is 261 g/mol. The van der Waals surface area contributed by atoms with Gasteiger partial charge in [0.1, 0.15) is 0 Å². The highest BCUT2D eigenvalue weighted by Crippen LogP contribution is 2.11. The third-order valence-corrected chi connectivity index (χ3v) is 2.80. The molecule has 0 aromatic heterocycles. The van der Waals surface area contributed by atoms with Crippen molar-refractivity contribution in [3.05, 3.63) is 0 Å². The number of hydrogen-bond donors (Lipinski definition) is 0. The molecule has 0 aromatic carbocycles. The second kappa shape index (κ2) is 10.3. The van der Waals surface area contributed by atoms with E-state index >= 15 is 0 Å². The summed E-state index contributed by atoms with van der Waals surface area (Å²) in [5.41, 5.74) is 0. The largest absolute Gasteiger partial charge is 0.550 e. The molecule has 5 heteroatoms. The second-order valence-electron chi connectivity index (χ2n) is 5.02. The Morgan fingerprint density at radius 2 is 1.67 bits per heavy atom. The van der Waals surface area contributed by atoms with E-state index in [9.17, 15) is 9.90 Å². The van der Waals surface area contributed by atoms with Crippen molar-refractivity contribution in [3.8, 4) is 0 Å². The zero-order chi connectivity index (χ0) is 13.9. The molecule has 0 aromatic rings. The van der Waals surface area contributed by atoms with Crippen molar-refractivity contribution in [2.45, 2.75) is 26.2 Å². The molecule has 0 radical (unpaired) electrons. The van der Waals surface area contributed by atoms with Gasteiger partial charge in [0.05, 0.1) is 47.0 Å². The minimum absolute atomic E-state index is 0.0495. The number of carboxylic acid groups (broad SMARTS) is 1. The van der Waals surface area contributed by atoms with E-state index in [2.05, 4.69) is 14.1 Å². The predicted molar refractivity (Wildman–Crippen MR) is 68.0 cm³/mol. The predicted octanol–water partition coefficient (Wildman–Crippen LogP) is 0.0361. The molecule has 5 nitrogen and oxygen atoms in total. The maximum Gasteiger partial charge on any atom is 0.0784 e. The molecular formula is C13H27NO4. The van der Waals surface area contributed by atoms with Gasteiger partial charge in [0.25, 0.3) is 0 Å². The van der Waals surface area contributed by atoms with Crippen molar-refractivity contribution >= 4 is 5.97 Å². The summed E-state index contributed by atoms with van der Waals surface area (Å²) in [5.74, 6) is -1.08. The molecule has 0 spiro atoms. The summed E-state index contributed by atoms with van der Waals surface area (Å²) in [6.07, 6.45) is 2.83. The van der Waals surface area contributed by atoms with Crippen molar-refractivity contribution in [1.82, 2.24) is 0 Å². The number of rotatable bonds is 7. The van der Waals surface area contributed by atoms with Gasteiger partial charge in [-0.1, -0.05) is 0 Å². The first-order chi connectivity index (χ1) is 8.48. The molecule has 0 amide bonds. The molecule has 0 unspecified atom stereocenters. The number of quaternary nitrogens is 1. The number of hydrogen-bond acceptors (Lipinski definition) is 4. The minimum atomic E-state index is -1.08. The van der Waals surface area contributed by atoms with Gasteiger partial charge in [-0.25, -0.2) is 0 Å². The van der Waals surface area contributed by atoms with Crippen LogP contribution in [-0.2, 0) is 14.3 Å². The van der Waals surface area contributed by atoms with Crippen LogP contribution in [0.1, 0.15) is 26.2 Å².